The van der Waals surface area contributed by atoms with Gasteiger partial charge in [0, 0.05) is 12.3 Å². The SMILES string of the molecule is COc1ccc(C(=O)OCc2csc(N(C(C)=O)c3ccccc3OC)n2)cc1. The normalized spacial score (nSPS) is 10.3. The number of esters is 1. The molecule has 1 amide bonds. The zero-order chi connectivity index (χ0) is 20.8. The number of amides is 1. The van der Waals surface area contributed by atoms with Gasteiger partial charge in [-0.05, 0) is 36.4 Å². The number of aromatic nitrogens is 1. The molecule has 0 aliphatic rings. The maximum absolute atomic E-state index is 12.3. The molecule has 2 aromatic carbocycles. The minimum absolute atomic E-state index is 0.000960. The van der Waals surface area contributed by atoms with Gasteiger partial charge in [0.2, 0.25) is 5.91 Å². The number of para-hydroxylation sites is 2. The van der Waals surface area contributed by atoms with Crippen molar-refractivity contribution in [2.24, 2.45) is 0 Å². The number of benzene rings is 2. The lowest BCUT2D eigenvalue weighted by Crippen LogP contribution is -2.23. The molecule has 0 N–H and O–H groups in total. The lowest BCUT2D eigenvalue weighted by molar-refractivity contribution is -0.115. The Labute approximate surface area is 172 Å². The Morgan fingerprint density at radius 1 is 1.03 bits per heavy atom. The summed E-state index contributed by atoms with van der Waals surface area (Å²) in [5.41, 5.74) is 1.56. The molecule has 0 radical (unpaired) electrons. The molecule has 8 heteroatoms. The molecular formula is C21H20N2O5S. The highest BCUT2D eigenvalue weighted by atomic mass is 32.1. The minimum atomic E-state index is -0.463. The van der Waals surface area contributed by atoms with E-state index in [0.717, 1.165) is 0 Å². The van der Waals surface area contributed by atoms with Gasteiger partial charge in [-0.3, -0.25) is 9.69 Å². The number of carbonyl (C=O) groups excluding carboxylic acids is 2. The number of hydrogen-bond donors (Lipinski definition) is 0. The largest absolute Gasteiger partial charge is 0.497 e. The molecule has 1 aromatic heterocycles. The molecule has 3 rings (SSSR count). The summed E-state index contributed by atoms with van der Waals surface area (Å²) in [7, 11) is 3.10. The number of ether oxygens (including phenoxy) is 3. The van der Waals surface area contributed by atoms with Crippen LogP contribution in [0.15, 0.2) is 53.9 Å². The summed E-state index contributed by atoms with van der Waals surface area (Å²) in [6.07, 6.45) is 0. The maximum atomic E-state index is 12.3. The van der Waals surface area contributed by atoms with Gasteiger partial charge in [-0.15, -0.1) is 11.3 Å². The van der Waals surface area contributed by atoms with E-state index in [-0.39, 0.29) is 12.5 Å². The third kappa shape index (κ3) is 4.72. The average Bonchev–Trinajstić information content (AvgIpc) is 3.20. The molecule has 150 valence electrons. The van der Waals surface area contributed by atoms with E-state index in [2.05, 4.69) is 4.98 Å². The second-order valence-corrected chi connectivity index (χ2v) is 6.79. The molecular weight excluding hydrogens is 392 g/mol. The number of methoxy groups -OCH3 is 2. The van der Waals surface area contributed by atoms with Crippen LogP contribution >= 0.6 is 11.3 Å². The van der Waals surface area contributed by atoms with Crippen LogP contribution < -0.4 is 14.4 Å². The Morgan fingerprint density at radius 3 is 2.41 bits per heavy atom. The van der Waals surface area contributed by atoms with Crippen LogP contribution in [0.5, 0.6) is 11.5 Å². The van der Waals surface area contributed by atoms with E-state index in [1.54, 1.807) is 56.0 Å². The molecule has 0 unspecified atom stereocenters. The maximum Gasteiger partial charge on any atom is 0.338 e. The fraction of sp³-hybridized carbons (Fsp3) is 0.190. The predicted octanol–water partition coefficient (Wildman–Crippen LogP) is 4.20. The number of hydrogen-bond acceptors (Lipinski definition) is 7. The van der Waals surface area contributed by atoms with Crippen LogP contribution in [0.25, 0.3) is 0 Å². The molecule has 0 aliphatic carbocycles. The van der Waals surface area contributed by atoms with Crippen LogP contribution in [0.3, 0.4) is 0 Å². The van der Waals surface area contributed by atoms with Gasteiger partial charge in [0.15, 0.2) is 5.13 Å². The van der Waals surface area contributed by atoms with Crippen molar-refractivity contribution in [3.63, 3.8) is 0 Å². The van der Waals surface area contributed by atoms with Gasteiger partial charge in [-0.25, -0.2) is 9.78 Å². The Kier molecular flexibility index (Phi) is 6.46. The Bertz CT molecular complexity index is 1000. The van der Waals surface area contributed by atoms with Crippen molar-refractivity contribution in [2.75, 3.05) is 19.1 Å². The van der Waals surface area contributed by atoms with E-state index >= 15 is 0 Å². The molecule has 0 fully saturated rings. The first-order valence-electron chi connectivity index (χ1n) is 8.72. The van der Waals surface area contributed by atoms with Gasteiger partial charge in [-0.1, -0.05) is 12.1 Å². The molecule has 0 saturated heterocycles. The van der Waals surface area contributed by atoms with E-state index < -0.39 is 5.97 Å². The van der Waals surface area contributed by atoms with Crippen molar-refractivity contribution in [3.05, 3.63) is 65.2 Å². The van der Waals surface area contributed by atoms with E-state index in [1.807, 2.05) is 12.1 Å². The Hall–Kier alpha value is -3.39. The van der Waals surface area contributed by atoms with Gasteiger partial charge >= 0.3 is 5.97 Å². The third-order valence-corrected chi connectivity index (χ3v) is 4.92. The molecule has 0 saturated carbocycles. The topological polar surface area (TPSA) is 78.0 Å². The van der Waals surface area contributed by atoms with Crippen LogP contribution in [0, 0.1) is 0 Å². The second-order valence-electron chi connectivity index (χ2n) is 5.95. The molecule has 0 aliphatic heterocycles. The highest BCUT2D eigenvalue weighted by molar-refractivity contribution is 7.14. The average molecular weight is 412 g/mol. The van der Waals surface area contributed by atoms with Crippen LogP contribution in [0.1, 0.15) is 23.0 Å². The molecule has 0 atom stereocenters. The summed E-state index contributed by atoms with van der Waals surface area (Å²) in [5, 5.41) is 2.22. The van der Waals surface area contributed by atoms with Crippen LogP contribution in [-0.2, 0) is 16.1 Å². The Balaban J connectivity index is 1.73. The number of thiazole rings is 1. The summed E-state index contributed by atoms with van der Waals surface area (Å²) < 4.78 is 15.8. The van der Waals surface area contributed by atoms with Crippen molar-refractivity contribution in [3.8, 4) is 11.5 Å². The van der Waals surface area contributed by atoms with Crippen molar-refractivity contribution in [1.29, 1.82) is 0 Å². The van der Waals surface area contributed by atoms with E-state index in [0.29, 0.717) is 33.6 Å². The van der Waals surface area contributed by atoms with Crippen molar-refractivity contribution >= 4 is 34.0 Å². The third-order valence-electron chi connectivity index (χ3n) is 4.05. The van der Waals surface area contributed by atoms with Crippen molar-refractivity contribution < 1.29 is 23.8 Å². The fourth-order valence-electron chi connectivity index (χ4n) is 2.64. The molecule has 0 spiro atoms. The van der Waals surface area contributed by atoms with Gasteiger partial charge in [-0.2, -0.15) is 0 Å². The summed E-state index contributed by atoms with van der Waals surface area (Å²) in [5.74, 6) is 0.553. The van der Waals surface area contributed by atoms with Gasteiger partial charge < -0.3 is 14.2 Å². The van der Waals surface area contributed by atoms with Gasteiger partial charge in [0.05, 0.1) is 31.2 Å². The standard InChI is InChI=1S/C21H20N2O5S/c1-14(24)23(18-6-4-5-7-19(18)27-3)21-22-16(13-29-21)12-28-20(25)15-8-10-17(26-2)11-9-15/h4-11,13H,12H2,1-3H3. The lowest BCUT2D eigenvalue weighted by atomic mass is 10.2. The van der Waals surface area contributed by atoms with E-state index in [4.69, 9.17) is 14.2 Å². The number of anilines is 2. The lowest BCUT2D eigenvalue weighted by Gasteiger charge is -2.20. The number of nitrogens with zero attached hydrogens (tertiary/aromatic N) is 2. The zero-order valence-corrected chi connectivity index (χ0v) is 17.1. The first kappa shape index (κ1) is 20.3. The molecule has 0 bridgehead atoms. The molecule has 1 heterocycles. The first-order chi connectivity index (χ1) is 14.0. The Morgan fingerprint density at radius 2 is 1.76 bits per heavy atom. The minimum Gasteiger partial charge on any atom is -0.497 e. The zero-order valence-electron chi connectivity index (χ0n) is 16.2. The number of carbonyl (C=O) groups is 2. The van der Waals surface area contributed by atoms with E-state index in [9.17, 15) is 9.59 Å². The fourth-order valence-corrected chi connectivity index (χ4v) is 3.50. The van der Waals surface area contributed by atoms with Gasteiger partial charge in [0.25, 0.3) is 0 Å². The predicted molar refractivity (Wildman–Crippen MR) is 110 cm³/mol. The van der Waals surface area contributed by atoms with Crippen LogP contribution in [0.2, 0.25) is 0 Å². The van der Waals surface area contributed by atoms with E-state index in [1.165, 1.54) is 23.2 Å². The monoisotopic (exact) mass is 412 g/mol. The molecule has 3 aromatic rings. The highest BCUT2D eigenvalue weighted by Gasteiger charge is 2.21. The summed E-state index contributed by atoms with van der Waals surface area (Å²) in [6, 6.07) is 13.8. The molecule has 7 nitrogen and oxygen atoms in total. The van der Waals surface area contributed by atoms with Crippen molar-refractivity contribution in [1.82, 2.24) is 4.98 Å². The summed E-state index contributed by atoms with van der Waals surface area (Å²) in [6.45, 7) is 1.45. The van der Waals surface area contributed by atoms with Crippen LogP contribution in [-0.4, -0.2) is 31.1 Å². The quantitative estimate of drug-likeness (QED) is 0.541. The van der Waals surface area contributed by atoms with Gasteiger partial charge in [0.1, 0.15) is 18.1 Å². The summed E-state index contributed by atoms with van der Waals surface area (Å²) in [4.78, 5) is 30.4. The van der Waals surface area contributed by atoms with Crippen molar-refractivity contribution in [2.45, 2.75) is 13.5 Å². The molecule has 29 heavy (non-hydrogen) atoms. The first-order valence-corrected chi connectivity index (χ1v) is 9.60. The number of rotatable bonds is 7. The second kappa shape index (κ2) is 9.20. The summed E-state index contributed by atoms with van der Waals surface area (Å²) >= 11 is 1.28. The smallest absolute Gasteiger partial charge is 0.338 e. The van der Waals surface area contributed by atoms with Crippen LogP contribution in [0.4, 0.5) is 10.8 Å². The highest BCUT2D eigenvalue weighted by Crippen LogP contribution is 2.35.